The summed E-state index contributed by atoms with van der Waals surface area (Å²) in [6.07, 6.45) is 2.62. The molecule has 2 heterocycles. The predicted octanol–water partition coefficient (Wildman–Crippen LogP) is 3.66. The van der Waals surface area contributed by atoms with Crippen LogP contribution < -0.4 is 5.01 Å². The van der Waals surface area contributed by atoms with Crippen molar-refractivity contribution < 1.29 is 4.79 Å². The number of benzene rings is 2. The van der Waals surface area contributed by atoms with Gasteiger partial charge in [-0.2, -0.15) is 10.1 Å². The number of nitrogens with zero attached hydrogens (tertiary/aromatic N) is 3. The third kappa shape index (κ3) is 2.38. The Morgan fingerprint density at radius 2 is 1.78 bits per heavy atom. The summed E-state index contributed by atoms with van der Waals surface area (Å²) in [5.41, 5.74) is 5.19. The molecule has 0 bridgehead atoms. The van der Waals surface area contributed by atoms with Crippen LogP contribution in [0.2, 0.25) is 0 Å². The smallest absolute Gasteiger partial charge is 0.267 e. The summed E-state index contributed by atoms with van der Waals surface area (Å²) < 4.78 is 0. The highest BCUT2D eigenvalue weighted by atomic mass is 16.2. The molecule has 4 heteroatoms. The number of para-hydroxylation sites is 2. The number of hydrogen-bond donors (Lipinski definition) is 0. The van der Waals surface area contributed by atoms with Crippen LogP contribution in [-0.4, -0.2) is 17.3 Å². The lowest BCUT2D eigenvalue weighted by Gasteiger charge is -2.10. The van der Waals surface area contributed by atoms with Gasteiger partial charge in [0.15, 0.2) is 0 Å². The molecule has 0 atom stereocenters. The van der Waals surface area contributed by atoms with Crippen LogP contribution in [0.15, 0.2) is 76.3 Å². The molecule has 23 heavy (non-hydrogen) atoms. The number of fused-ring (bicyclic) bond motifs is 1. The fourth-order valence-electron chi connectivity index (χ4n) is 2.84. The Kier molecular flexibility index (Phi) is 3.15. The Morgan fingerprint density at radius 3 is 2.57 bits per heavy atom. The molecule has 0 aliphatic carbocycles. The molecule has 4 nitrogen and oxygen atoms in total. The van der Waals surface area contributed by atoms with E-state index in [4.69, 9.17) is 0 Å². The molecule has 0 radical (unpaired) electrons. The zero-order valence-electron chi connectivity index (χ0n) is 12.7. The summed E-state index contributed by atoms with van der Waals surface area (Å²) in [6.45, 7) is 1.86. The highest BCUT2D eigenvalue weighted by molar-refractivity contribution is 6.32. The molecule has 1 amide bonds. The number of carbonyl (C=O) groups excluding carboxylic acids is 1. The van der Waals surface area contributed by atoms with Crippen LogP contribution in [0, 0.1) is 0 Å². The van der Waals surface area contributed by atoms with E-state index in [2.05, 4.69) is 16.2 Å². The lowest BCUT2D eigenvalue weighted by atomic mass is 10.1. The van der Waals surface area contributed by atoms with E-state index in [0.29, 0.717) is 5.57 Å². The van der Waals surface area contributed by atoms with Crippen molar-refractivity contribution in [2.75, 3.05) is 5.01 Å². The highest BCUT2D eigenvalue weighted by Gasteiger charge is 2.29. The highest BCUT2D eigenvalue weighted by Crippen LogP contribution is 2.28. The zero-order chi connectivity index (χ0) is 15.8. The minimum atomic E-state index is -0.104. The van der Waals surface area contributed by atoms with Crippen LogP contribution in [0.3, 0.4) is 0 Å². The van der Waals surface area contributed by atoms with Crippen molar-refractivity contribution in [1.82, 2.24) is 0 Å². The summed E-state index contributed by atoms with van der Waals surface area (Å²) in [7, 11) is 0. The van der Waals surface area contributed by atoms with Gasteiger partial charge in [0.2, 0.25) is 0 Å². The monoisotopic (exact) mass is 301 g/mol. The lowest BCUT2D eigenvalue weighted by molar-refractivity contribution is -0.114. The number of hydrazone groups is 1. The van der Waals surface area contributed by atoms with Crippen molar-refractivity contribution in [3.63, 3.8) is 0 Å². The Labute approximate surface area is 134 Å². The van der Waals surface area contributed by atoms with Crippen molar-refractivity contribution in [3.05, 3.63) is 71.8 Å². The van der Waals surface area contributed by atoms with E-state index >= 15 is 0 Å². The molecule has 0 unspecified atom stereocenters. The minimum absolute atomic E-state index is 0.104. The maximum absolute atomic E-state index is 12.7. The standard InChI is InChI=1S/C19H15N3O/c1-13-17(12-15-11-14-7-5-6-10-18(14)20-15)19(23)22(21-13)16-8-3-2-4-9-16/h2-10,12H,11H2,1H3/b17-12-. The van der Waals surface area contributed by atoms with Crippen molar-refractivity contribution in [2.24, 2.45) is 10.1 Å². The Bertz CT molecular complexity index is 878. The molecule has 112 valence electrons. The molecular formula is C19H15N3O. The van der Waals surface area contributed by atoms with E-state index in [9.17, 15) is 4.79 Å². The third-order valence-electron chi connectivity index (χ3n) is 4.00. The van der Waals surface area contributed by atoms with Crippen LogP contribution in [0.4, 0.5) is 11.4 Å². The molecule has 2 aliphatic heterocycles. The summed E-state index contributed by atoms with van der Waals surface area (Å²) in [4.78, 5) is 17.3. The van der Waals surface area contributed by atoms with Crippen LogP contribution in [0.1, 0.15) is 12.5 Å². The van der Waals surface area contributed by atoms with Gasteiger partial charge < -0.3 is 0 Å². The van der Waals surface area contributed by atoms with Crippen LogP contribution in [-0.2, 0) is 11.2 Å². The third-order valence-corrected chi connectivity index (χ3v) is 4.00. The van der Waals surface area contributed by atoms with Gasteiger partial charge in [-0.1, -0.05) is 36.4 Å². The molecular weight excluding hydrogens is 286 g/mol. The number of amides is 1. The summed E-state index contributed by atoms with van der Waals surface area (Å²) in [6, 6.07) is 17.5. The first-order valence-corrected chi connectivity index (χ1v) is 7.54. The van der Waals surface area contributed by atoms with E-state index < -0.39 is 0 Å². The van der Waals surface area contributed by atoms with Crippen LogP contribution >= 0.6 is 0 Å². The normalized spacial score (nSPS) is 18.2. The Hall–Kier alpha value is -3.01. The molecule has 4 rings (SSSR count). The van der Waals surface area contributed by atoms with Crippen molar-refractivity contribution in [2.45, 2.75) is 13.3 Å². The first-order valence-electron chi connectivity index (χ1n) is 7.54. The van der Waals surface area contributed by atoms with Gasteiger partial charge in [-0.05, 0) is 36.8 Å². The van der Waals surface area contributed by atoms with E-state index in [0.717, 1.165) is 29.2 Å². The molecule has 0 aromatic heterocycles. The number of aliphatic imine (C=N–C) groups is 1. The molecule has 0 saturated heterocycles. The van der Waals surface area contributed by atoms with Crippen molar-refractivity contribution in [1.29, 1.82) is 0 Å². The number of carbonyl (C=O) groups is 1. The average Bonchev–Trinajstić information content (AvgIpc) is 3.11. The van der Waals surface area contributed by atoms with Gasteiger partial charge in [0, 0.05) is 12.1 Å². The SMILES string of the molecule is CC1=NN(c2ccccc2)C(=O)/C1=C\C1=Nc2ccccc2C1. The van der Waals surface area contributed by atoms with E-state index in [1.807, 2.05) is 61.5 Å². The van der Waals surface area contributed by atoms with E-state index in [1.165, 1.54) is 10.6 Å². The van der Waals surface area contributed by atoms with Crippen molar-refractivity contribution >= 4 is 28.7 Å². The summed E-state index contributed by atoms with van der Waals surface area (Å²) in [5.74, 6) is -0.104. The Balaban J connectivity index is 1.64. The fraction of sp³-hybridized carbons (Fsp3) is 0.105. The average molecular weight is 301 g/mol. The van der Waals surface area contributed by atoms with Gasteiger partial charge in [-0.3, -0.25) is 9.79 Å². The minimum Gasteiger partial charge on any atom is -0.267 e. The summed E-state index contributed by atoms with van der Waals surface area (Å²) in [5, 5.41) is 5.84. The van der Waals surface area contributed by atoms with Crippen LogP contribution in [0.25, 0.3) is 0 Å². The van der Waals surface area contributed by atoms with Gasteiger partial charge in [0.25, 0.3) is 5.91 Å². The van der Waals surface area contributed by atoms with E-state index in [1.54, 1.807) is 0 Å². The molecule has 2 aromatic rings. The van der Waals surface area contributed by atoms with Gasteiger partial charge in [0.1, 0.15) is 0 Å². The molecule has 0 N–H and O–H groups in total. The largest absolute Gasteiger partial charge is 0.280 e. The van der Waals surface area contributed by atoms with Gasteiger partial charge in [0.05, 0.1) is 22.7 Å². The van der Waals surface area contributed by atoms with Crippen molar-refractivity contribution in [3.8, 4) is 0 Å². The van der Waals surface area contributed by atoms with E-state index in [-0.39, 0.29) is 5.91 Å². The first-order chi connectivity index (χ1) is 11.2. The predicted molar refractivity (Wildman–Crippen MR) is 92.4 cm³/mol. The second-order valence-electron chi connectivity index (χ2n) is 5.60. The lowest BCUT2D eigenvalue weighted by Crippen LogP contribution is -2.21. The number of hydrogen-bond acceptors (Lipinski definition) is 3. The number of anilines is 1. The molecule has 0 saturated carbocycles. The molecule has 0 fully saturated rings. The van der Waals surface area contributed by atoms with Gasteiger partial charge in [-0.15, -0.1) is 0 Å². The van der Waals surface area contributed by atoms with Gasteiger partial charge >= 0.3 is 0 Å². The zero-order valence-corrected chi connectivity index (χ0v) is 12.7. The number of allylic oxidation sites excluding steroid dienone is 1. The molecule has 2 aromatic carbocycles. The van der Waals surface area contributed by atoms with Gasteiger partial charge in [-0.25, -0.2) is 0 Å². The topological polar surface area (TPSA) is 45.0 Å². The maximum atomic E-state index is 12.7. The molecule has 0 spiro atoms. The fourth-order valence-corrected chi connectivity index (χ4v) is 2.84. The number of rotatable bonds is 2. The molecule has 2 aliphatic rings. The maximum Gasteiger partial charge on any atom is 0.280 e. The quantitative estimate of drug-likeness (QED) is 0.781. The first kappa shape index (κ1) is 13.6. The Morgan fingerprint density at radius 1 is 1.04 bits per heavy atom. The second kappa shape index (κ2) is 5.32. The second-order valence-corrected chi connectivity index (χ2v) is 5.60. The summed E-state index contributed by atoms with van der Waals surface area (Å²) >= 11 is 0. The van der Waals surface area contributed by atoms with Crippen LogP contribution in [0.5, 0.6) is 0 Å².